The summed E-state index contributed by atoms with van der Waals surface area (Å²) in [6, 6.07) is 0. The summed E-state index contributed by atoms with van der Waals surface area (Å²) in [5, 5.41) is 1.53. The van der Waals surface area contributed by atoms with E-state index in [0.717, 1.165) is 49.0 Å². The van der Waals surface area contributed by atoms with Crippen molar-refractivity contribution in [3.05, 3.63) is 0 Å². The smallest absolute Gasteiger partial charge is 0.306 e. The van der Waals surface area contributed by atoms with E-state index >= 15 is 0 Å². The van der Waals surface area contributed by atoms with Gasteiger partial charge in [-0.25, -0.2) is 0 Å². The summed E-state index contributed by atoms with van der Waals surface area (Å²) in [6.07, 6.45) is 11.2. The maximum absolute atomic E-state index is 12.1. The maximum Gasteiger partial charge on any atom is 0.306 e. The van der Waals surface area contributed by atoms with Crippen molar-refractivity contribution in [3.8, 4) is 0 Å². The molecule has 0 aliphatic carbocycles. The molecule has 2 aliphatic rings. The molecule has 8 heteroatoms. The molecule has 4 nitrogen and oxygen atoms in total. The molecule has 29 heavy (non-hydrogen) atoms. The Bertz CT molecular complexity index is 466. The van der Waals surface area contributed by atoms with Gasteiger partial charge in [-0.1, -0.05) is 69.4 Å². The van der Waals surface area contributed by atoms with E-state index in [1.165, 1.54) is 37.2 Å². The molecule has 0 spiro atoms. The van der Waals surface area contributed by atoms with E-state index in [4.69, 9.17) is 9.47 Å². The van der Waals surface area contributed by atoms with Crippen LogP contribution >= 0.6 is 43.2 Å². The zero-order valence-corrected chi connectivity index (χ0v) is 20.9. The predicted molar refractivity (Wildman–Crippen MR) is 130 cm³/mol. The van der Waals surface area contributed by atoms with Crippen molar-refractivity contribution >= 4 is 55.1 Å². The molecule has 0 amide bonds. The SMILES string of the molecule is CCCC(COC(=O)CCCCC1CCSS1)OC(=O)CCCCC1CCSS1. The van der Waals surface area contributed by atoms with E-state index in [1.807, 2.05) is 43.2 Å². The lowest BCUT2D eigenvalue weighted by atomic mass is 10.1. The van der Waals surface area contributed by atoms with E-state index in [2.05, 4.69) is 6.92 Å². The maximum atomic E-state index is 12.1. The fraction of sp³-hybridized carbons (Fsp3) is 0.905. The Morgan fingerprint density at radius 2 is 1.48 bits per heavy atom. The summed E-state index contributed by atoms with van der Waals surface area (Å²) in [5.74, 6) is 2.20. The molecule has 168 valence electrons. The van der Waals surface area contributed by atoms with Gasteiger partial charge in [0, 0.05) is 34.8 Å². The van der Waals surface area contributed by atoms with Crippen LogP contribution in [0, 0.1) is 0 Å². The van der Waals surface area contributed by atoms with E-state index in [1.54, 1.807) is 0 Å². The average molecular weight is 481 g/mol. The second-order valence-corrected chi connectivity index (χ2v) is 13.3. The number of carbonyl (C=O) groups is 2. The molecule has 0 aromatic rings. The van der Waals surface area contributed by atoms with Gasteiger partial charge in [0.25, 0.3) is 0 Å². The normalized spacial score (nSPS) is 22.5. The molecule has 2 aliphatic heterocycles. The molecule has 0 radical (unpaired) electrons. The molecule has 0 bridgehead atoms. The monoisotopic (exact) mass is 480 g/mol. The summed E-state index contributed by atoms with van der Waals surface area (Å²) in [6.45, 7) is 2.25. The second kappa shape index (κ2) is 16.0. The van der Waals surface area contributed by atoms with Gasteiger partial charge in [0.1, 0.15) is 12.7 Å². The Hall–Kier alpha value is 0.340. The summed E-state index contributed by atoms with van der Waals surface area (Å²) in [4.78, 5) is 24.1. The van der Waals surface area contributed by atoms with Crippen LogP contribution in [0.3, 0.4) is 0 Å². The molecule has 0 saturated carbocycles. The highest BCUT2D eigenvalue weighted by atomic mass is 33.1. The number of hydrogen-bond acceptors (Lipinski definition) is 8. The number of rotatable bonds is 15. The Labute approximate surface area is 192 Å². The Morgan fingerprint density at radius 1 is 0.897 bits per heavy atom. The van der Waals surface area contributed by atoms with Gasteiger partial charge < -0.3 is 9.47 Å². The summed E-state index contributed by atoms with van der Waals surface area (Å²) < 4.78 is 11.0. The highest BCUT2D eigenvalue weighted by Crippen LogP contribution is 2.40. The number of unbranched alkanes of at least 4 members (excludes halogenated alkanes) is 2. The van der Waals surface area contributed by atoms with Gasteiger partial charge in [0.05, 0.1) is 0 Å². The van der Waals surface area contributed by atoms with Crippen LogP contribution in [0.5, 0.6) is 0 Å². The Kier molecular flexibility index (Phi) is 14.2. The number of carbonyl (C=O) groups excluding carboxylic acids is 2. The molecular weight excluding hydrogens is 444 g/mol. The van der Waals surface area contributed by atoms with Gasteiger partial charge in [-0.15, -0.1) is 0 Å². The topological polar surface area (TPSA) is 52.6 Å². The molecule has 2 saturated heterocycles. The minimum Gasteiger partial charge on any atom is -0.462 e. The van der Waals surface area contributed by atoms with Crippen molar-refractivity contribution in [1.82, 2.24) is 0 Å². The van der Waals surface area contributed by atoms with Gasteiger partial charge in [-0.05, 0) is 44.9 Å². The van der Waals surface area contributed by atoms with Crippen molar-refractivity contribution in [3.63, 3.8) is 0 Å². The first-order chi connectivity index (χ1) is 14.2. The minimum absolute atomic E-state index is 0.153. The number of hydrogen-bond donors (Lipinski definition) is 0. The molecule has 2 rings (SSSR count). The van der Waals surface area contributed by atoms with Gasteiger partial charge >= 0.3 is 11.9 Å². The standard InChI is InChI=1S/C21H36O4S4/c1-2-7-17(25-21(23)11-6-4-9-19-13-15-27-29-19)16-24-20(22)10-5-3-8-18-12-14-26-28-18/h17-19H,2-16H2,1H3. The van der Waals surface area contributed by atoms with Crippen LogP contribution in [0.1, 0.15) is 84.0 Å². The van der Waals surface area contributed by atoms with Crippen molar-refractivity contribution in [2.45, 2.75) is 101 Å². The van der Waals surface area contributed by atoms with Crippen LogP contribution in [-0.2, 0) is 19.1 Å². The average Bonchev–Trinajstić information content (AvgIpc) is 3.41. The second-order valence-electron chi connectivity index (χ2n) is 7.73. The third-order valence-electron chi connectivity index (χ3n) is 5.11. The summed E-state index contributed by atoms with van der Waals surface area (Å²) >= 11 is 0. The molecule has 0 N–H and O–H groups in total. The first-order valence-corrected chi connectivity index (χ1v) is 15.9. The minimum atomic E-state index is -0.301. The first kappa shape index (κ1) is 25.6. The van der Waals surface area contributed by atoms with Crippen LogP contribution in [-0.4, -0.2) is 46.7 Å². The van der Waals surface area contributed by atoms with Crippen molar-refractivity contribution in [1.29, 1.82) is 0 Å². The Balaban J connectivity index is 1.51. The molecule has 3 atom stereocenters. The van der Waals surface area contributed by atoms with Crippen molar-refractivity contribution in [2.24, 2.45) is 0 Å². The lowest BCUT2D eigenvalue weighted by Crippen LogP contribution is -2.25. The van der Waals surface area contributed by atoms with Crippen molar-refractivity contribution in [2.75, 3.05) is 18.1 Å². The first-order valence-electron chi connectivity index (χ1n) is 11.1. The molecule has 0 aromatic heterocycles. The van der Waals surface area contributed by atoms with Crippen molar-refractivity contribution < 1.29 is 19.1 Å². The summed E-state index contributed by atoms with van der Waals surface area (Å²) in [7, 11) is 7.90. The Morgan fingerprint density at radius 3 is 2.00 bits per heavy atom. The van der Waals surface area contributed by atoms with E-state index in [-0.39, 0.29) is 24.6 Å². The van der Waals surface area contributed by atoms with Crippen LogP contribution in [0.4, 0.5) is 0 Å². The van der Waals surface area contributed by atoms with Crippen LogP contribution in [0.25, 0.3) is 0 Å². The van der Waals surface area contributed by atoms with E-state index in [0.29, 0.717) is 12.8 Å². The largest absolute Gasteiger partial charge is 0.462 e. The van der Waals surface area contributed by atoms with Gasteiger partial charge in [0.2, 0.25) is 0 Å². The molecule has 2 fully saturated rings. The molecular formula is C21H36O4S4. The third-order valence-corrected chi connectivity index (χ3v) is 11.1. The van der Waals surface area contributed by atoms with Gasteiger partial charge in [-0.3, -0.25) is 9.59 Å². The molecule has 0 aromatic carbocycles. The zero-order chi connectivity index (χ0) is 20.7. The third kappa shape index (κ3) is 12.1. The number of ether oxygens (including phenoxy) is 2. The summed E-state index contributed by atoms with van der Waals surface area (Å²) in [5.41, 5.74) is 0. The van der Waals surface area contributed by atoms with Gasteiger partial charge in [0.15, 0.2) is 0 Å². The molecule has 2 heterocycles. The predicted octanol–water partition coefficient (Wildman–Crippen LogP) is 6.67. The molecule has 3 unspecified atom stereocenters. The number of esters is 2. The lowest BCUT2D eigenvalue weighted by molar-refractivity contribution is -0.159. The fourth-order valence-electron chi connectivity index (χ4n) is 3.41. The van der Waals surface area contributed by atoms with Crippen LogP contribution in [0.15, 0.2) is 0 Å². The van der Waals surface area contributed by atoms with Gasteiger partial charge in [-0.2, -0.15) is 0 Å². The highest BCUT2D eigenvalue weighted by molar-refractivity contribution is 8.77. The zero-order valence-electron chi connectivity index (χ0n) is 17.6. The lowest BCUT2D eigenvalue weighted by Gasteiger charge is -2.17. The quantitative estimate of drug-likeness (QED) is 0.146. The van der Waals surface area contributed by atoms with Crippen LogP contribution in [0.2, 0.25) is 0 Å². The van der Waals surface area contributed by atoms with E-state index in [9.17, 15) is 9.59 Å². The van der Waals surface area contributed by atoms with Crippen LogP contribution < -0.4 is 0 Å². The fourth-order valence-corrected chi connectivity index (χ4v) is 9.47. The highest BCUT2D eigenvalue weighted by Gasteiger charge is 2.19. The van der Waals surface area contributed by atoms with E-state index < -0.39 is 0 Å².